The molecular weight excluding hydrogens is 292 g/mol. The molecule has 0 atom stereocenters. The quantitative estimate of drug-likeness (QED) is 0.890. The van der Waals surface area contributed by atoms with Crippen molar-refractivity contribution in [3.8, 4) is 0 Å². The zero-order chi connectivity index (χ0) is 14.8. The first kappa shape index (κ1) is 15.2. The third-order valence-electron chi connectivity index (χ3n) is 3.16. The van der Waals surface area contributed by atoms with E-state index in [1.807, 2.05) is 36.6 Å². The average molecular weight is 310 g/mol. The lowest BCUT2D eigenvalue weighted by Crippen LogP contribution is -2.25. The van der Waals surface area contributed by atoms with Crippen molar-refractivity contribution in [3.63, 3.8) is 0 Å². The normalized spacial score (nSPS) is 11.8. The summed E-state index contributed by atoms with van der Waals surface area (Å²) < 4.78 is 27.5. The third kappa shape index (κ3) is 3.09. The molecule has 108 valence electrons. The van der Waals surface area contributed by atoms with Crippen molar-refractivity contribution in [3.05, 3.63) is 51.2 Å². The summed E-state index contributed by atoms with van der Waals surface area (Å²) in [6.07, 6.45) is 0. The molecule has 0 radical (unpaired) electrons. The first-order chi connectivity index (χ1) is 9.45. The highest BCUT2D eigenvalue weighted by Gasteiger charge is 2.22. The Bertz CT molecular complexity index is 706. The summed E-state index contributed by atoms with van der Waals surface area (Å²) >= 11 is 1.38. The van der Waals surface area contributed by atoms with Crippen molar-refractivity contribution in [1.29, 1.82) is 0 Å². The summed E-state index contributed by atoms with van der Waals surface area (Å²) in [5.74, 6) is 0. The largest absolute Gasteiger partial charge is 0.326 e. The van der Waals surface area contributed by atoms with Gasteiger partial charge in [-0.25, -0.2) is 13.1 Å². The van der Waals surface area contributed by atoms with Gasteiger partial charge in [-0.05, 0) is 35.9 Å². The molecule has 6 heteroatoms. The van der Waals surface area contributed by atoms with Crippen molar-refractivity contribution < 1.29 is 8.42 Å². The Kier molecular flexibility index (Phi) is 4.59. The topological polar surface area (TPSA) is 72.2 Å². The summed E-state index contributed by atoms with van der Waals surface area (Å²) in [6, 6.07) is 7.72. The van der Waals surface area contributed by atoms with Crippen molar-refractivity contribution in [2.24, 2.45) is 5.73 Å². The van der Waals surface area contributed by atoms with Crippen LogP contribution in [0.4, 0.5) is 0 Å². The maximum absolute atomic E-state index is 12.4. The van der Waals surface area contributed by atoms with Crippen LogP contribution in [0.2, 0.25) is 0 Å². The van der Waals surface area contributed by atoms with Gasteiger partial charge in [-0.2, -0.15) is 0 Å². The Morgan fingerprint density at radius 1 is 1.20 bits per heavy atom. The lowest BCUT2D eigenvalue weighted by Gasteiger charge is -2.10. The molecule has 0 fully saturated rings. The van der Waals surface area contributed by atoms with E-state index < -0.39 is 10.0 Å². The number of aryl methyl sites for hydroxylation is 2. The van der Waals surface area contributed by atoms with E-state index in [-0.39, 0.29) is 13.1 Å². The smallest absolute Gasteiger partial charge is 0.242 e. The van der Waals surface area contributed by atoms with Gasteiger partial charge in [-0.15, -0.1) is 11.3 Å². The number of thiophene rings is 1. The lowest BCUT2D eigenvalue weighted by molar-refractivity contribution is 0.580. The fourth-order valence-electron chi connectivity index (χ4n) is 2.04. The van der Waals surface area contributed by atoms with E-state index in [0.29, 0.717) is 9.77 Å². The molecule has 3 N–H and O–H groups in total. The molecule has 0 unspecified atom stereocenters. The van der Waals surface area contributed by atoms with Gasteiger partial charge in [-0.3, -0.25) is 0 Å². The molecule has 0 aliphatic heterocycles. The van der Waals surface area contributed by atoms with Crippen molar-refractivity contribution >= 4 is 21.4 Å². The van der Waals surface area contributed by atoms with Crippen LogP contribution in [0.5, 0.6) is 0 Å². The second-order valence-electron chi connectivity index (χ2n) is 4.63. The maximum Gasteiger partial charge on any atom is 0.242 e. The van der Waals surface area contributed by atoms with Gasteiger partial charge < -0.3 is 5.73 Å². The Balaban J connectivity index is 2.24. The minimum atomic E-state index is -3.52. The van der Waals surface area contributed by atoms with Crippen molar-refractivity contribution in [1.82, 2.24) is 4.72 Å². The van der Waals surface area contributed by atoms with Crippen LogP contribution in [-0.2, 0) is 23.1 Å². The Morgan fingerprint density at radius 2 is 1.90 bits per heavy atom. The SMILES string of the molecule is Cc1ccccc1CNS(=O)(=O)c1c(C)csc1CN. The minimum Gasteiger partial charge on any atom is -0.326 e. The van der Waals surface area contributed by atoms with Crippen LogP contribution in [0.15, 0.2) is 34.5 Å². The molecule has 2 aromatic rings. The monoisotopic (exact) mass is 310 g/mol. The molecule has 0 amide bonds. The Labute approximate surface area is 123 Å². The van der Waals surface area contributed by atoms with Crippen LogP contribution in [0.25, 0.3) is 0 Å². The van der Waals surface area contributed by atoms with E-state index >= 15 is 0 Å². The van der Waals surface area contributed by atoms with Gasteiger partial charge in [0, 0.05) is 18.0 Å². The summed E-state index contributed by atoms with van der Waals surface area (Å²) in [6.45, 7) is 4.27. The van der Waals surface area contributed by atoms with E-state index in [1.165, 1.54) is 11.3 Å². The highest BCUT2D eigenvalue weighted by molar-refractivity contribution is 7.89. The van der Waals surface area contributed by atoms with Gasteiger partial charge in [0.1, 0.15) is 4.90 Å². The predicted octanol–water partition coefficient (Wildman–Crippen LogP) is 2.30. The van der Waals surface area contributed by atoms with Gasteiger partial charge in [0.05, 0.1) is 0 Å². The lowest BCUT2D eigenvalue weighted by atomic mass is 10.1. The van der Waals surface area contributed by atoms with Gasteiger partial charge in [0.25, 0.3) is 0 Å². The predicted molar refractivity (Wildman–Crippen MR) is 82.2 cm³/mol. The van der Waals surface area contributed by atoms with Crippen LogP contribution in [0, 0.1) is 13.8 Å². The number of benzene rings is 1. The molecule has 20 heavy (non-hydrogen) atoms. The molecule has 2 rings (SSSR count). The number of rotatable bonds is 5. The summed E-state index contributed by atoms with van der Waals surface area (Å²) in [5, 5.41) is 1.82. The van der Waals surface area contributed by atoms with E-state index in [4.69, 9.17) is 5.73 Å². The fourth-order valence-corrected chi connectivity index (χ4v) is 4.75. The number of hydrogen-bond acceptors (Lipinski definition) is 4. The molecular formula is C14H18N2O2S2. The highest BCUT2D eigenvalue weighted by Crippen LogP contribution is 2.26. The number of nitrogens with two attached hydrogens (primary N) is 1. The summed E-state index contributed by atoms with van der Waals surface area (Å²) in [4.78, 5) is 1.03. The van der Waals surface area contributed by atoms with Crippen LogP contribution in [-0.4, -0.2) is 8.42 Å². The van der Waals surface area contributed by atoms with Crippen LogP contribution in [0.3, 0.4) is 0 Å². The van der Waals surface area contributed by atoms with Gasteiger partial charge in [-0.1, -0.05) is 24.3 Å². The summed E-state index contributed by atoms with van der Waals surface area (Å²) in [5.41, 5.74) is 8.39. The van der Waals surface area contributed by atoms with Crippen LogP contribution >= 0.6 is 11.3 Å². The van der Waals surface area contributed by atoms with Gasteiger partial charge >= 0.3 is 0 Å². The molecule has 0 spiro atoms. The Morgan fingerprint density at radius 3 is 2.55 bits per heavy atom. The van der Waals surface area contributed by atoms with E-state index in [2.05, 4.69) is 4.72 Å². The molecule has 0 saturated heterocycles. The zero-order valence-corrected chi connectivity index (χ0v) is 13.1. The molecule has 1 aromatic heterocycles. The molecule has 0 bridgehead atoms. The fraction of sp³-hybridized carbons (Fsp3) is 0.286. The van der Waals surface area contributed by atoms with Crippen LogP contribution < -0.4 is 10.5 Å². The van der Waals surface area contributed by atoms with Gasteiger partial charge in [0.15, 0.2) is 0 Å². The minimum absolute atomic E-state index is 0.235. The first-order valence-electron chi connectivity index (χ1n) is 6.27. The highest BCUT2D eigenvalue weighted by atomic mass is 32.2. The average Bonchev–Trinajstić information content (AvgIpc) is 2.80. The first-order valence-corrected chi connectivity index (χ1v) is 8.63. The third-order valence-corrected chi connectivity index (χ3v) is 6.04. The zero-order valence-electron chi connectivity index (χ0n) is 11.5. The molecule has 0 aliphatic rings. The number of sulfonamides is 1. The Hall–Kier alpha value is -1.21. The van der Waals surface area contributed by atoms with E-state index in [0.717, 1.165) is 16.7 Å². The van der Waals surface area contributed by atoms with Gasteiger partial charge in [0.2, 0.25) is 10.0 Å². The van der Waals surface area contributed by atoms with Crippen molar-refractivity contribution in [2.75, 3.05) is 0 Å². The van der Waals surface area contributed by atoms with Crippen LogP contribution in [0.1, 0.15) is 21.6 Å². The van der Waals surface area contributed by atoms with E-state index in [1.54, 1.807) is 6.92 Å². The van der Waals surface area contributed by atoms with Crippen molar-refractivity contribution in [2.45, 2.75) is 31.8 Å². The number of nitrogens with one attached hydrogen (secondary N) is 1. The maximum atomic E-state index is 12.4. The number of hydrogen-bond donors (Lipinski definition) is 2. The second-order valence-corrected chi connectivity index (χ2v) is 7.29. The standard InChI is InChI=1S/C14H18N2O2S2/c1-10-5-3-4-6-12(10)8-16-20(17,18)14-11(2)9-19-13(14)7-15/h3-6,9,16H,7-8,15H2,1-2H3. The molecule has 4 nitrogen and oxygen atoms in total. The second kappa shape index (κ2) is 6.05. The molecule has 0 saturated carbocycles. The molecule has 0 aliphatic carbocycles. The summed E-state index contributed by atoms with van der Waals surface area (Å²) in [7, 11) is -3.52. The molecule has 1 aromatic carbocycles. The van der Waals surface area contributed by atoms with E-state index in [9.17, 15) is 8.42 Å². The molecule has 1 heterocycles.